The van der Waals surface area contributed by atoms with Gasteiger partial charge in [0.05, 0.1) is 6.20 Å². The number of nitrogens with one attached hydrogen (secondary N) is 1. The van der Waals surface area contributed by atoms with Crippen LogP contribution < -0.4 is 5.32 Å². The van der Waals surface area contributed by atoms with Crippen LogP contribution in [-0.2, 0) is 22.6 Å². The van der Waals surface area contributed by atoms with E-state index in [1.54, 1.807) is 37.8 Å². The van der Waals surface area contributed by atoms with Crippen LogP contribution in [0.1, 0.15) is 32.8 Å². The second-order valence-corrected chi connectivity index (χ2v) is 6.45. The third-order valence-corrected chi connectivity index (χ3v) is 3.36. The molecule has 1 N–H and O–H groups in total. The lowest BCUT2D eigenvalue weighted by atomic mass is 10.0. The van der Waals surface area contributed by atoms with E-state index in [2.05, 4.69) is 16.3 Å². The molecule has 0 saturated carbocycles. The first-order chi connectivity index (χ1) is 10.8. The molecule has 1 saturated heterocycles. The molecule has 0 radical (unpaired) electrons. The summed E-state index contributed by atoms with van der Waals surface area (Å²) < 4.78 is 6.91. The highest BCUT2D eigenvalue weighted by Crippen LogP contribution is 2.21. The van der Waals surface area contributed by atoms with Crippen LogP contribution in [0.2, 0.25) is 0 Å². The van der Waals surface area contributed by atoms with Crippen LogP contribution in [0.25, 0.3) is 0 Å². The molecule has 2 rings (SSSR count). The van der Waals surface area contributed by atoms with Crippen LogP contribution >= 0.6 is 0 Å². The molecular weight excluding hydrogens is 296 g/mol. The maximum atomic E-state index is 12.2. The number of carbonyl (C=O) groups excluding carboxylic acids is 2. The van der Waals surface area contributed by atoms with Crippen molar-refractivity contribution in [3.05, 3.63) is 18.0 Å². The van der Waals surface area contributed by atoms with Crippen molar-refractivity contribution < 1.29 is 14.3 Å². The Kier molecular flexibility index (Phi) is 4.94. The molecule has 7 heteroatoms. The predicted molar refractivity (Wildman–Crippen MR) is 84.3 cm³/mol. The summed E-state index contributed by atoms with van der Waals surface area (Å²) >= 11 is 0. The van der Waals surface area contributed by atoms with Gasteiger partial charge in [-0.1, -0.05) is 5.92 Å². The third-order valence-electron chi connectivity index (χ3n) is 3.36. The van der Waals surface area contributed by atoms with Gasteiger partial charge < -0.3 is 10.1 Å². The molecule has 0 unspecified atom stereocenters. The number of ether oxygens (including phenoxy) is 1. The molecule has 2 amide bonds. The number of hydrogen-bond acceptors (Lipinski definition) is 4. The van der Waals surface area contributed by atoms with Gasteiger partial charge in [0.25, 0.3) is 0 Å². The molecule has 124 valence electrons. The molecule has 23 heavy (non-hydrogen) atoms. The highest BCUT2D eigenvalue weighted by atomic mass is 16.6. The molecule has 1 fully saturated rings. The second-order valence-electron chi connectivity index (χ2n) is 6.45. The zero-order valence-corrected chi connectivity index (χ0v) is 13.7. The van der Waals surface area contributed by atoms with Crippen molar-refractivity contribution in [2.45, 2.75) is 51.9 Å². The van der Waals surface area contributed by atoms with Crippen LogP contribution in [0, 0.1) is 12.3 Å². The van der Waals surface area contributed by atoms with Gasteiger partial charge in [0.2, 0.25) is 5.91 Å². The monoisotopic (exact) mass is 318 g/mol. The summed E-state index contributed by atoms with van der Waals surface area (Å²) in [5, 5.41) is 6.90. The van der Waals surface area contributed by atoms with Crippen molar-refractivity contribution in [2.75, 3.05) is 6.54 Å². The number of rotatable bonds is 4. The molecular formula is C16H22N4O3. The Morgan fingerprint density at radius 1 is 1.52 bits per heavy atom. The van der Waals surface area contributed by atoms with Gasteiger partial charge in [0.1, 0.15) is 18.2 Å². The lowest BCUT2D eigenvalue weighted by molar-refractivity contribution is -0.130. The van der Waals surface area contributed by atoms with Crippen molar-refractivity contribution in [1.82, 2.24) is 20.0 Å². The largest absolute Gasteiger partial charge is 0.444 e. The highest BCUT2D eigenvalue weighted by Gasteiger charge is 2.39. The molecule has 0 aliphatic carbocycles. The van der Waals surface area contributed by atoms with Gasteiger partial charge in [0.15, 0.2) is 0 Å². The Bertz CT molecular complexity index is 624. The average molecular weight is 318 g/mol. The van der Waals surface area contributed by atoms with Gasteiger partial charge in [-0.15, -0.1) is 6.42 Å². The normalized spacial score (nSPS) is 17.1. The van der Waals surface area contributed by atoms with E-state index in [0.29, 0.717) is 26.1 Å². The van der Waals surface area contributed by atoms with E-state index in [1.807, 2.05) is 0 Å². The van der Waals surface area contributed by atoms with Gasteiger partial charge in [-0.3, -0.25) is 14.4 Å². The van der Waals surface area contributed by atoms with E-state index < -0.39 is 17.7 Å². The van der Waals surface area contributed by atoms with E-state index in [9.17, 15) is 9.59 Å². The summed E-state index contributed by atoms with van der Waals surface area (Å²) in [4.78, 5) is 25.6. The van der Waals surface area contributed by atoms with Crippen molar-refractivity contribution in [2.24, 2.45) is 0 Å². The van der Waals surface area contributed by atoms with E-state index >= 15 is 0 Å². The first kappa shape index (κ1) is 16.9. The lowest BCUT2D eigenvalue weighted by Crippen LogP contribution is -2.59. The van der Waals surface area contributed by atoms with Crippen molar-refractivity contribution >= 4 is 12.0 Å². The number of amides is 2. The predicted octanol–water partition coefficient (Wildman–Crippen LogP) is 1.14. The second kappa shape index (κ2) is 6.73. The first-order valence-electron chi connectivity index (χ1n) is 7.52. The fraction of sp³-hybridized carbons (Fsp3) is 0.562. The molecule has 7 nitrogen and oxygen atoms in total. The van der Waals surface area contributed by atoms with Crippen LogP contribution in [0.3, 0.4) is 0 Å². The molecule has 1 aromatic heterocycles. The summed E-state index contributed by atoms with van der Waals surface area (Å²) in [6.07, 6.45) is 8.84. The Hall–Kier alpha value is -2.49. The minimum atomic E-state index is -0.570. The molecule has 1 aliphatic heterocycles. The topological polar surface area (TPSA) is 76.5 Å². The molecule has 0 spiro atoms. The van der Waals surface area contributed by atoms with E-state index in [-0.39, 0.29) is 5.91 Å². The average Bonchev–Trinajstić information content (AvgIpc) is 2.81. The summed E-state index contributed by atoms with van der Waals surface area (Å²) in [5.74, 6) is 2.30. The van der Waals surface area contributed by atoms with Crippen molar-refractivity contribution in [1.29, 1.82) is 0 Å². The fourth-order valence-corrected chi connectivity index (χ4v) is 2.18. The molecule has 2 heterocycles. The van der Waals surface area contributed by atoms with Gasteiger partial charge >= 0.3 is 6.09 Å². The molecule has 1 aromatic rings. The Labute approximate surface area is 136 Å². The van der Waals surface area contributed by atoms with Crippen LogP contribution in [0.4, 0.5) is 4.79 Å². The number of aromatic nitrogens is 2. The fourth-order valence-electron chi connectivity index (χ4n) is 2.18. The van der Waals surface area contributed by atoms with Gasteiger partial charge in [0, 0.05) is 24.8 Å². The zero-order chi connectivity index (χ0) is 17.0. The smallest absolute Gasteiger partial charge is 0.410 e. The van der Waals surface area contributed by atoms with E-state index in [1.165, 1.54) is 4.90 Å². The SMILES string of the molecule is C#CCn1cc(CNC(=O)[C@H]2CCN2C(=O)OC(C)(C)C)cn1. The summed E-state index contributed by atoms with van der Waals surface area (Å²) in [5.41, 5.74) is 0.288. The highest BCUT2D eigenvalue weighted by molar-refractivity contribution is 5.87. The van der Waals surface area contributed by atoms with Crippen molar-refractivity contribution in [3.8, 4) is 12.3 Å². The van der Waals surface area contributed by atoms with E-state index in [0.717, 1.165) is 5.56 Å². The minimum Gasteiger partial charge on any atom is -0.444 e. The van der Waals surface area contributed by atoms with Gasteiger partial charge in [-0.25, -0.2) is 4.79 Å². The Morgan fingerprint density at radius 2 is 2.26 bits per heavy atom. The number of likely N-dealkylation sites (tertiary alicyclic amines) is 1. The summed E-state index contributed by atoms with van der Waals surface area (Å²) in [6, 6.07) is -0.467. The minimum absolute atomic E-state index is 0.188. The Morgan fingerprint density at radius 3 is 2.83 bits per heavy atom. The van der Waals surface area contributed by atoms with Crippen molar-refractivity contribution in [3.63, 3.8) is 0 Å². The van der Waals surface area contributed by atoms with Crippen LogP contribution in [0.15, 0.2) is 12.4 Å². The molecule has 0 aromatic carbocycles. The number of hydrogen-bond donors (Lipinski definition) is 1. The number of terminal acetylenes is 1. The third kappa shape index (κ3) is 4.49. The van der Waals surface area contributed by atoms with Crippen LogP contribution in [0.5, 0.6) is 0 Å². The summed E-state index contributed by atoms with van der Waals surface area (Å²) in [6.45, 7) is 6.67. The molecule has 1 aliphatic rings. The number of carbonyl (C=O) groups is 2. The first-order valence-corrected chi connectivity index (χ1v) is 7.52. The lowest BCUT2D eigenvalue weighted by Gasteiger charge is -2.40. The maximum absolute atomic E-state index is 12.2. The van der Waals surface area contributed by atoms with Crippen LogP contribution in [-0.4, -0.2) is 44.9 Å². The van der Waals surface area contributed by atoms with Gasteiger partial charge in [-0.05, 0) is 27.2 Å². The maximum Gasteiger partial charge on any atom is 0.410 e. The standard InChI is InChI=1S/C16H22N4O3/c1-5-7-19-11-12(10-18-19)9-17-14(21)13-6-8-20(13)15(22)23-16(2,3)4/h1,10-11,13H,6-9H2,2-4H3,(H,17,21)/t13-/m1/s1. The van der Waals surface area contributed by atoms with Gasteiger partial charge in [-0.2, -0.15) is 5.10 Å². The Balaban J connectivity index is 1.83. The number of nitrogens with zero attached hydrogens (tertiary/aromatic N) is 3. The molecule has 0 bridgehead atoms. The molecule has 1 atom stereocenters. The quantitative estimate of drug-likeness (QED) is 0.845. The zero-order valence-electron chi connectivity index (χ0n) is 13.7. The van der Waals surface area contributed by atoms with E-state index in [4.69, 9.17) is 11.2 Å². The summed E-state index contributed by atoms with van der Waals surface area (Å²) in [7, 11) is 0.